The van der Waals surface area contributed by atoms with Crippen LogP contribution in [0.5, 0.6) is 0 Å². The van der Waals surface area contributed by atoms with Gasteiger partial charge in [-0.25, -0.2) is 0 Å². The molecule has 120 valence electrons. The molecule has 0 spiro atoms. The van der Waals surface area contributed by atoms with Crippen LogP contribution in [0.4, 0.5) is 0 Å². The minimum Gasteiger partial charge on any atom is -0.382 e. The molecule has 0 aliphatic heterocycles. The average molecular weight is 287 g/mol. The predicted octanol–water partition coefficient (Wildman–Crippen LogP) is 2.61. The second-order valence-corrected chi connectivity index (χ2v) is 5.61. The number of nitrogens with one attached hydrogen (secondary N) is 1. The fraction of sp³-hybridized carbons (Fsp3) is 1.00. The summed E-state index contributed by atoms with van der Waals surface area (Å²) >= 11 is 0. The fourth-order valence-electron chi connectivity index (χ4n) is 2.85. The van der Waals surface area contributed by atoms with Crippen molar-refractivity contribution in [3.63, 3.8) is 0 Å². The Balaban J connectivity index is 2.00. The Morgan fingerprint density at radius 3 is 2.40 bits per heavy atom. The molecule has 0 aromatic rings. The summed E-state index contributed by atoms with van der Waals surface area (Å²) in [6.07, 6.45) is 7.86. The van der Waals surface area contributed by atoms with Gasteiger partial charge in [-0.05, 0) is 38.1 Å². The molecule has 2 unspecified atom stereocenters. The zero-order valence-electron chi connectivity index (χ0n) is 13.4. The van der Waals surface area contributed by atoms with E-state index in [2.05, 4.69) is 12.2 Å². The van der Waals surface area contributed by atoms with Gasteiger partial charge in [-0.3, -0.25) is 0 Å². The second-order valence-electron chi connectivity index (χ2n) is 5.61. The smallest absolute Gasteiger partial charge is 0.0701 e. The summed E-state index contributed by atoms with van der Waals surface area (Å²) in [4.78, 5) is 0. The number of ether oxygens (including phenoxy) is 3. The zero-order valence-corrected chi connectivity index (χ0v) is 13.4. The molecule has 0 bridgehead atoms. The lowest BCUT2D eigenvalue weighted by molar-refractivity contribution is 0.0197. The Hall–Kier alpha value is -0.160. The quantitative estimate of drug-likeness (QED) is 0.560. The van der Waals surface area contributed by atoms with E-state index in [1.165, 1.54) is 38.5 Å². The van der Waals surface area contributed by atoms with E-state index >= 15 is 0 Å². The van der Waals surface area contributed by atoms with E-state index in [4.69, 9.17) is 14.2 Å². The van der Waals surface area contributed by atoms with Crippen LogP contribution in [0.2, 0.25) is 0 Å². The molecule has 1 aliphatic carbocycles. The lowest BCUT2D eigenvalue weighted by atomic mass is 9.82. The summed E-state index contributed by atoms with van der Waals surface area (Å²) in [6, 6.07) is 0.713. The Bertz CT molecular complexity index is 214. The van der Waals surface area contributed by atoms with Crippen molar-refractivity contribution in [2.75, 3.05) is 46.7 Å². The Morgan fingerprint density at radius 2 is 1.65 bits per heavy atom. The molecule has 0 aromatic heterocycles. The Morgan fingerprint density at radius 1 is 0.950 bits per heavy atom. The molecule has 1 rings (SSSR count). The molecule has 0 amide bonds. The zero-order chi connectivity index (χ0) is 14.5. The van der Waals surface area contributed by atoms with Crippen LogP contribution in [0.15, 0.2) is 0 Å². The molecule has 4 heteroatoms. The molecule has 0 saturated heterocycles. The highest BCUT2D eigenvalue weighted by atomic mass is 16.5. The minimum absolute atomic E-state index is 0.658. The van der Waals surface area contributed by atoms with Gasteiger partial charge in [0, 0.05) is 19.8 Å². The van der Waals surface area contributed by atoms with Crippen molar-refractivity contribution in [2.45, 2.75) is 51.5 Å². The normalized spacial score (nSPS) is 23.1. The van der Waals surface area contributed by atoms with E-state index < -0.39 is 0 Å². The largest absolute Gasteiger partial charge is 0.382 e. The van der Waals surface area contributed by atoms with Crippen molar-refractivity contribution in [3.05, 3.63) is 0 Å². The molecular formula is C16H33NO3. The van der Waals surface area contributed by atoms with Crippen molar-refractivity contribution in [3.8, 4) is 0 Å². The summed E-state index contributed by atoms with van der Waals surface area (Å²) in [7, 11) is 1.69. The van der Waals surface area contributed by atoms with Crippen LogP contribution in [0.25, 0.3) is 0 Å². The van der Waals surface area contributed by atoms with E-state index in [-0.39, 0.29) is 0 Å². The molecule has 1 aliphatic rings. The number of hydrogen-bond donors (Lipinski definition) is 1. The highest BCUT2D eigenvalue weighted by Crippen LogP contribution is 2.27. The van der Waals surface area contributed by atoms with E-state index in [1.807, 2.05) is 0 Å². The van der Waals surface area contributed by atoms with Crippen molar-refractivity contribution in [1.82, 2.24) is 5.32 Å². The maximum absolute atomic E-state index is 5.68. The molecule has 20 heavy (non-hydrogen) atoms. The van der Waals surface area contributed by atoms with Crippen LogP contribution >= 0.6 is 0 Å². The van der Waals surface area contributed by atoms with Gasteiger partial charge in [0.1, 0.15) is 0 Å². The summed E-state index contributed by atoms with van der Waals surface area (Å²) in [5.74, 6) is 0.796. The summed E-state index contributed by atoms with van der Waals surface area (Å²) < 4.78 is 16.0. The second kappa shape index (κ2) is 12.6. The van der Waals surface area contributed by atoms with E-state index in [1.54, 1.807) is 7.11 Å². The molecule has 0 aromatic carbocycles. The third-order valence-corrected chi connectivity index (χ3v) is 4.00. The number of hydrogen-bond acceptors (Lipinski definition) is 4. The third kappa shape index (κ3) is 8.20. The van der Waals surface area contributed by atoms with E-state index in [0.29, 0.717) is 32.5 Å². The fourth-order valence-corrected chi connectivity index (χ4v) is 2.85. The summed E-state index contributed by atoms with van der Waals surface area (Å²) in [5.41, 5.74) is 0. The van der Waals surface area contributed by atoms with Gasteiger partial charge in [0.15, 0.2) is 0 Å². The van der Waals surface area contributed by atoms with Gasteiger partial charge < -0.3 is 19.5 Å². The SMILES string of the molecule is CCCNC1CCCCC1CCOCCOCCOC. The summed E-state index contributed by atoms with van der Waals surface area (Å²) in [5, 5.41) is 3.70. The highest BCUT2D eigenvalue weighted by Gasteiger charge is 2.23. The van der Waals surface area contributed by atoms with Crippen molar-refractivity contribution >= 4 is 0 Å². The molecule has 2 atom stereocenters. The van der Waals surface area contributed by atoms with Gasteiger partial charge >= 0.3 is 0 Å². The van der Waals surface area contributed by atoms with Gasteiger partial charge in [-0.1, -0.05) is 19.8 Å². The van der Waals surface area contributed by atoms with Crippen molar-refractivity contribution in [1.29, 1.82) is 0 Å². The Labute approximate surface area is 124 Å². The first-order chi connectivity index (χ1) is 9.88. The van der Waals surface area contributed by atoms with Gasteiger partial charge in [0.05, 0.1) is 26.4 Å². The topological polar surface area (TPSA) is 39.7 Å². The summed E-state index contributed by atoms with van der Waals surface area (Å²) in [6.45, 7) is 6.93. The van der Waals surface area contributed by atoms with Gasteiger partial charge in [-0.15, -0.1) is 0 Å². The average Bonchev–Trinajstić information content (AvgIpc) is 2.49. The molecule has 4 nitrogen and oxygen atoms in total. The lowest BCUT2D eigenvalue weighted by Gasteiger charge is -2.32. The van der Waals surface area contributed by atoms with Crippen LogP contribution in [0.3, 0.4) is 0 Å². The highest BCUT2D eigenvalue weighted by molar-refractivity contribution is 4.80. The first-order valence-electron chi connectivity index (χ1n) is 8.26. The molecule has 1 N–H and O–H groups in total. The van der Waals surface area contributed by atoms with E-state index in [9.17, 15) is 0 Å². The minimum atomic E-state index is 0.658. The molecule has 0 heterocycles. The van der Waals surface area contributed by atoms with E-state index in [0.717, 1.165) is 19.1 Å². The van der Waals surface area contributed by atoms with Crippen molar-refractivity contribution < 1.29 is 14.2 Å². The van der Waals surface area contributed by atoms with Gasteiger partial charge in [0.25, 0.3) is 0 Å². The van der Waals surface area contributed by atoms with Crippen LogP contribution in [-0.2, 0) is 14.2 Å². The van der Waals surface area contributed by atoms with Crippen molar-refractivity contribution in [2.24, 2.45) is 5.92 Å². The third-order valence-electron chi connectivity index (χ3n) is 4.00. The molecule has 1 saturated carbocycles. The van der Waals surface area contributed by atoms with Crippen LogP contribution in [-0.4, -0.2) is 52.7 Å². The maximum atomic E-state index is 5.68. The van der Waals surface area contributed by atoms with Gasteiger partial charge in [0.2, 0.25) is 0 Å². The Kier molecular flexibility index (Phi) is 11.2. The predicted molar refractivity (Wildman–Crippen MR) is 82.2 cm³/mol. The van der Waals surface area contributed by atoms with Crippen LogP contribution in [0.1, 0.15) is 45.4 Å². The maximum Gasteiger partial charge on any atom is 0.0701 e. The molecule has 0 radical (unpaired) electrons. The monoisotopic (exact) mass is 287 g/mol. The lowest BCUT2D eigenvalue weighted by Crippen LogP contribution is -2.39. The van der Waals surface area contributed by atoms with Crippen LogP contribution in [0, 0.1) is 5.92 Å². The first-order valence-corrected chi connectivity index (χ1v) is 8.26. The molecule has 1 fully saturated rings. The number of rotatable bonds is 12. The van der Waals surface area contributed by atoms with Crippen LogP contribution < -0.4 is 5.32 Å². The van der Waals surface area contributed by atoms with Gasteiger partial charge in [-0.2, -0.15) is 0 Å². The first kappa shape index (κ1) is 17.9. The standard InChI is InChI=1S/C16H33NO3/c1-3-9-17-16-7-5-4-6-15(16)8-10-19-13-14-20-12-11-18-2/h15-17H,3-14H2,1-2H3. The number of methoxy groups -OCH3 is 1. The molecular weight excluding hydrogens is 254 g/mol.